The van der Waals surface area contributed by atoms with E-state index in [0.717, 1.165) is 11.1 Å². The van der Waals surface area contributed by atoms with Gasteiger partial charge in [0.15, 0.2) is 0 Å². The molecule has 1 atom stereocenters. The summed E-state index contributed by atoms with van der Waals surface area (Å²) in [6, 6.07) is 7.39. The number of benzene rings is 1. The van der Waals surface area contributed by atoms with Crippen LogP contribution in [0.2, 0.25) is 0 Å². The van der Waals surface area contributed by atoms with Crippen LogP contribution in [0.25, 0.3) is 0 Å². The van der Waals surface area contributed by atoms with E-state index in [0.29, 0.717) is 13.0 Å². The van der Waals surface area contributed by atoms with Gasteiger partial charge in [-0.3, -0.25) is 9.59 Å². The van der Waals surface area contributed by atoms with Crippen molar-refractivity contribution < 1.29 is 9.59 Å². The first-order valence-corrected chi connectivity index (χ1v) is 6.18. The van der Waals surface area contributed by atoms with E-state index < -0.39 is 6.04 Å². The molecule has 1 aliphatic heterocycles. The monoisotopic (exact) mass is 256 g/mol. The molecule has 19 heavy (non-hydrogen) atoms. The van der Waals surface area contributed by atoms with Crippen molar-refractivity contribution in [1.82, 2.24) is 10.2 Å². The molecule has 2 amide bonds. The Bertz CT molecular complexity index is 545. The largest absolute Gasteiger partial charge is 0.343 e. The number of nitrogens with one attached hydrogen (secondary N) is 1. The van der Waals surface area contributed by atoms with Gasteiger partial charge in [-0.05, 0) is 11.1 Å². The van der Waals surface area contributed by atoms with Crippen molar-refractivity contribution in [2.45, 2.75) is 25.9 Å². The van der Waals surface area contributed by atoms with Gasteiger partial charge in [-0.25, -0.2) is 0 Å². The molecule has 0 aliphatic carbocycles. The van der Waals surface area contributed by atoms with E-state index in [-0.39, 0.29) is 18.4 Å². The summed E-state index contributed by atoms with van der Waals surface area (Å²) >= 11 is 0. The molecule has 1 aliphatic rings. The third-order valence-electron chi connectivity index (χ3n) is 3.32. The molecule has 4 heteroatoms. The lowest BCUT2D eigenvalue weighted by atomic mass is 9.93. The Hall–Kier alpha value is -2.28. The molecule has 0 saturated heterocycles. The van der Waals surface area contributed by atoms with Crippen LogP contribution >= 0.6 is 0 Å². The van der Waals surface area contributed by atoms with Gasteiger partial charge < -0.3 is 10.2 Å². The van der Waals surface area contributed by atoms with Gasteiger partial charge in [0, 0.05) is 19.9 Å². The van der Waals surface area contributed by atoms with E-state index in [2.05, 4.69) is 11.2 Å². The number of carbonyl (C=O) groups is 2. The zero-order valence-corrected chi connectivity index (χ0v) is 10.8. The summed E-state index contributed by atoms with van der Waals surface area (Å²) in [6.07, 6.45) is 5.67. The molecular formula is C15H16N2O2. The summed E-state index contributed by atoms with van der Waals surface area (Å²) in [5, 5.41) is 2.65. The lowest BCUT2D eigenvalue weighted by Gasteiger charge is -2.35. The van der Waals surface area contributed by atoms with E-state index >= 15 is 0 Å². The molecule has 2 rings (SSSR count). The van der Waals surface area contributed by atoms with Gasteiger partial charge in [-0.1, -0.05) is 30.2 Å². The molecule has 1 heterocycles. The first-order valence-electron chi connectivity index (χ1n) is 6.18. The van der Waals surface area contributed by atoms with E-state index in [1.54, 1.807) is 4.90 Å². The van der Waals surface area contributed by atoms with Crippen molar-refractivity contribution in [3.05, 3.63) is 35.4 Å². The number of hydrogen-bond donors (Lipinski definition) is 1. The van der Waals surface area contributed by atoms with Gasteiger partial charge in [0.25, 0.3) is 0 Å². The first kappa shape index (κ1) is 13.2. The van der Waals surface area contributed by atoms with Gasteiger partial charge >= 0.3 is 0 Å². The molecule has 4 nitrogen and oxygen atoms in total. The van der Waals surface area contributed by atoms with Gasteiger partial charge in [-0.2, -0.15) is 0 Å². The van der Waals surface area contributed by atoms with Gasteiger partial charge in [0.1, 0.15) is 6.04 Å². The molecule has 0 bridgehead atoms. The summed E-state index contributed by atoms with van der Waals surface area (Å²) in [5.74, 6) is 2.07. The highest BCUT2D eigenvalue weighted by molar-refractivity contribution is 5.87. The zero-order chi connectivity index (χ0) is 13.8. The fraction of sp³-hybridized carbons (Fsp3) is 0.333. The Labute approximate surface area is 112 Å². The minimum absolute atomic E-state index is 0.102. The van der Waals surface area contributed by atoms with Crippen LogP contribution in [-0.2, 0) is 22.6 Å². The Morgan fingerprint density at radius 1 is 1.42 bits per heavy atom. The smallest absolute Gasteiger partial charge is 0.243 e. The number of amides is 2. The standard InChI is InChI=1S/C15H16N2O2/c1-3-8-16-15(19)14-9-12-6-4-5-7-13(12)10-17(14)11(2)18/h1,4-7,14H,8-10H2,2H3,(H,16,19). The van der Waals surface area contributed by atoms with Crippen molar-refractivity contribution in [3.8, 4) is 12.3 Å². The fourth-order valence-corrected chi connectivity index (χ4v) is 2.34. The molecule has 1 aromatic carbocycles. The van der Waals surface area contributed by atoms with Crippen LogP contribution in [0, 0.1) is 12.3 Å². The summed E-state index contributed by atoms with van der Waals surface area (Å²) in [7, 11) is 0. The third kappa shape index (κ3) is 2.76. The van der Waals surface area contributed by atoms with E-state index in [1.165, 1.54) is 6.92 Å². The third-order valence-corrected chi connectivity index (χ3v) is 3.32. The molecular weight excluding hydrogens is 240 g/mol. The second-order valence-corrected chi connectivity index (χ2v) is 4.56. The normalized spacial score (nSPS) is 17.3. The van der Waals surface area contributed by atoms with Crippen LogP contribution in [-0.4, -0.2) is 29.3 Å². The van der Waals surface area contributed by atoms with Gasteiger partial charge in [0.2, 0.25) is 11.8 Å². The Kier molecular flexibility index (Phi) is 3.86. The van der Waals surface area contributed by atoms with Crippen LogP contribution in [0.3, 0.4) is 0 Å². The summed E-state index contributed by atoms with van der Waals surface area (Å²) in [6.45, 7) is 2.14. The van der Waals surface area contributed by atoms with Crippen LogP contribution in [0.5, 0.6) is 0 Å². The maximum atomic E-state index is 12.1. The first-order chi connectivity index (χ1) is 9.13. The highest BCUT2D eigenvalue weighted by atomic mass is 16.2. The molecule has 1 aromatic rings. The van der Waals surface area contributed by atoms with E-state index in [1.807, 2.05) is 24.3 Å². The second-order valence-electron chi connectivity index (χ2n) is 4.56. The number of terminal acetylenes is 1. The quantitative estimate of drug-likeness (QED) is 0.792. The Balaban J connectivity index is 2.24. The van der Waals surface area contributed by atoms with Crippen molar-refractivity contribution in [3.63, 3.8) is 0 Å². The van der Waals surface area contributed by atoms with Crippen molar-refractivity contribution in [2.24, 2.45) is 0 Å². The number of carbonyl (C=O) groups excluding carboxylic acids is 2. The SMILES string of the molecule is C#CCNC(=O)C1Cc2ccccc2CN1C(C)=O. The van der Waals surface area contributed by atoms with Crippen LogP contribution in [0.15, 0.2) is 24.3 Å². The van der Waals surface area contributed by atoms with Crippen molar-refractivity contribution in [2.75, 3.05) is 6.54 Å². The highest BCUT2D eigenvalue weighted by Crippen LogP contribution is 2.23. The lowest BCUT2D eigenvalue weighted by Crippen LogP contribution is -2.52. The summed E-state index contributed by atoms with van der Waals surface area (Å²) in [4.78, 5) is 25.4. The van der Waals surface area contributed by atoms with Crippen LogP contribution in [0.4, 0.5) is 0 Å². The predicted molar refractivity (Wildman–Crippen MR) is 72.0 cm³/mol. The highest BCUT2D eigenvalue weighted by Gasteiger charge is 2.32. The average molecular weight is 256 g/mol. The predicted octanol–water partition coefficient (Wildman–Crippen LogP) is 0.709. The maximum absolute atomic E-state index is 12.1. The van der Waals surface area contributed by atoms with E-state index in [9.17, 15) is 9.59 Å². The summed E-state index contributed by atoms with van der Waals surface area (Å²) in [5.41, 5.74) is 2.21. The molecule has 0 spiro atoms. The van der Waals surface area contributed by atoms with Gasteiger partial charge in [0.05, 0.1) is 6.54 Å². The average Bonchev–Trinajstić information content (AvgIpc) is 2.43. The molecule has 1 N–H and O–H groups in total. The van der Waals surface area contributed by atoms with Crippen LogP contribution in [0.1, 0.15) is 18.1 Å². The molecule has 0 aromatic heterocycles. The second kappa shape index (κ2) is 5.57. The number of rotatable bonds is 2. The van der Waals surface area contributed by atoms with Crippen LogP contribution < -0.4 is 5.32 Å². The van der Waals surface area contributed by atoms with Gasteiger partial charge in [-0.15, -0.1) is 6.42 Å². The maximum Gasteiger partial charge on any atom is 0.243 e. The fourth-order valence-electron chi connectivity index (χ4n) is 2.34. The minimum atomic E-state index is -0.472. The molecule has 98 valence electrons. The summed E-state index contributed by atoms with van der Waals surface area (Å²) < 4.78 is 0. The van der Waals surface area contributed by atoms with E-state index in [4.69, 9.17) is 6.42 Å². The lowest BCUT2D eigenvalue weighted by molar-refractivity contribution is -0.140. The Morgan fingerprint density at radius 2 is 2.11 bits per heavy atom. The Morgan fingerprint density at radius 3 is 2.74 bits per heavy atom. The molecule has 0 radical (unpaired) electrons. The number of nitrogens with zero attached hydrogens (tertiary/aromatic N) is 1. The number of hydrogen-bond acceptors (Lipinski definition) is 2. The molecule has 0 saturated carbocycles. The minimum Gasteiger partial charge on any atom is -0.343 e. The zero-order valence-electron chi connectivity index (χ0n) is 10.8. The number of fused-ring (bicyclic) bond motifs is 1. The topological polar surface area (TPSA) is 49.4 Å². The molecule has 1 unspecified atom stereocenters. The van der Waals surface area contributed by atoms with Crippen molar-refractivity contribution in [1.29, 1.82) is 0 Å². The van der Waals surface area contributed by atoms with Crippen molar-refractivity contribution >= 4 is 11.8 Å². The molecule has 0 fully saturated rings.